The number of aryl methyl sites for hydroxylation is 2. The van der Waals surface area contributed by atoms with Crippen molar-refractivity contribution in [1.29, 1.82) is 0 Å². The van der Waals surface area contributed by atoms with E-state index in [1.54, 1.807) is 9.80 Å². The summed E-state index contributed by atoms with van der Waals surface area (Å²) in [6.45, 7) is 5.45. The van der Waals surface area contributed by atoms with Crippen molar-refractivity contribution in [2.24, 2.45) is 0 Å². The van der Waals surface area contributed by atoms with Crippen molar-refractivity contribution in [2.75, 3.05) is 26.2 Å². The maximum absolute atomic E-state index is 13.4. The lowest BCUT2D eigenvalue weighted by atomic mass is 10.1. The molecule has 5 nitrogen and oxygen atoms in total. The Bertz CT molecular complexity index is 1110. The van der Waals surface area contributed by atoms with E-state index in [2.05, 4.69) is 11.1 Å². The van der Waals surface area contributed by atoms with Crippen molar-refractivity contribution in [3.05, 3.63) is 70.4 Å². The molecule has 29 heavy (non-hydrogen) atoms. The number of aromatic nitrogens is 1. The fourth-order valence-electron chi connectivity index (χ4n) is 3.81. The van der Waals surface area contributed by atoms with Gasteiger partial charge in [-0.1, -0.05) is 6.07 Å². The van der Waals surface area contributed by atoms with Crippen LogP contribution in [0.25, 0.3) is 10.9 Å². The van der Waals surface area contributed by atoms with E-state index in [-0.39, 0.29) is 17.4 Å². The first-order chi connectivity index (χ1) is 13.8. The normalized spacial score (nSPS) is 14.5. The highest BCUT2D eigenvalue weighted by Gasteiger charge is 2.26. The molecule has 0 atom stereocenters. The third-order valence-electron chi connectivity index (χ3n) is 5.34. The molecular formula is C22H21F2N3O2. The zero-order chi connectivity index (χ0) is 20.7. The predicted molar refractivity (Wildman–Crippen MR) is 106 cm³/mol. The van der Waals surface area contributed by atoms with E-state index in [1.807, 2.05) is 26.0 Å². The summed E-state index contributed by atoms with van der Waals surface area (Å²) < 4.78 is 26.5. The van der Waals surface area contributed by atoms with E-state index in [0.717, 1.165) is 34.2 Å². The monoisotopic (exact) mass is 397 g/mol. The predicted octanol–water partition coefficient (Wildman–Crippen LogP) is 3.66. The fraction of sp³-hybridized carbons (Fsp3) is 0.273. The topological polar surface area (TPSA) is 56.4 Å². The Hall–Kier alpha value is -3.22. The number of aromatic amines is 1. The molecule has 0 unspecified atom stereocenters. The number of nitrogens with zero attached hydrogens (tertiary/aromatic N) is 2. The van der Waals surface area contributed by atoms with Crippen molar-refractivity contribution >= 4 is 22.7 Å². The maximum Gasteiger partial charge on any atom is 0.270 e. The zero-order valence-electron chi connectivity index (χ0n) is 16.3. The first-order valence-corrected chi connectivity index (χ1v) is 9.47. The van der Waals surface area contributed by atoms with E-state index < -0.39 is 11.6 Å². The lowest BCUT2D eigenvalue weighted by Crippen LogP contribution is -2.50. The van der Waals surface area contributed by atoms with Crippen LogP contribution in [0.15, 0.2) is 36.4 Å². The number of piperazine rings is 1. The minimum Gasteiger partial charge on any atom is -0.351 e. The van der Waals surface area contributed by atoms with E-state index in [9.17, 15) is 18.4 Å². The minimum atomic E-state index is -1.05. The van der Waals surface area contributed by atoms with Crippen LogP contribution < -0.4 is 0 Å². The summed E-state index contributed by atoms with van der Waals surface area (Å²) in [4.78, 5) is 31.9. The van der Waals surface area contributed by atoms with Gasteiger partial charge in [-0.15, -0.1) is 0 Å². The van der Waals surface area contributed by atoms with E-state index in [1.165, 1.54) is 6.07 Å². The van der Waals surface area contributed by atoms with Crippen LogP contribution in [0.2, 0.25) is 0 Å². The number of amides is 2. The van der Waals surface area contributed by atoms with Gasteiger partial charge in [0.1, 0.15) is 5.69 Å². The molecular weight excluding hydrogens is 376 g/mol. The maximum atomic E-state index is 13.4. The van der Waals surface area contributed by atoms with Gasteiger partial charge in [0.2, 0.25) is 0 Å². The molecule has 1 saturated heterocycles. The van der Waals surface area contributed by atoms with Gasteiger partial charge in [0, 0.05) is 42.6 Å². The summed E-state index contributed by atoms with van der Waals surface area (Å²) in [6, 6.07) is 9.08. The number of hydrogen-bond acceptors (Lipinski definition) is 2. The first kappa shape index (κ1) is 19.1. The van der Waals surface area contributed by atoms with Crippen LogP contribution in [0.5, 0.6) is 0 Å². The van der Waals surface area contributed by atoms with Gasteiger partial charge in [-0.05, 0) is 55.3 Å². The minimum absolute atomic E-state index is 0.102. The summed E-state index contributed by atoms with van der Waals surface area (Å²) in [5.41, 5.74) is 3.79. The van der Waals surface area contributed by atoms with Crippen molar-refractivity contribution in [2.45, 2.75) is 13.8 Å². The first-order valence-electron chi connectivity index (χ1n) is 9.47. The Morgan fingerprint density at radius 3 is 2.17 bits per heavy atom. The molecule has 1 fully saturated rings. The number of benzene rings is 2. The average molecular weight is 397 g/mol. The molecule has 150 valence electrons. The fourth-order valence-corrected chi connectivity index (χ4v) is 3.81. The molecule has 7 heteroatoms. The number of fused-ring (bicyclic) bond motifs is 1. The molecule has 1 aliphatic heterocycles. The molecule has 0 aliphatic carbocycles. The summed E-state index contributed by atoms with van der Waals surface area (Å²) in [5, 5.41) is 1.02. The van der Waals surface area contributed by atoms with Crippen LogP contribution in [0.1, 0.15) is 32.0 Å². The quantitative estimate of drug-likeness (QED) is 0.718. The Morgan fingerprint density at radius 2 is 1.52 bits per heavy atom. The van der Waals surface area contributed by atoms with Crippen LogP contribution >= 0.6 is 0 Å². The lowest BCUT2D eigenvalue weighted by molar-refractivity contribution is 0.0532. The molecule has 2 aromatic carbocycles. The summed E-state index contributed by atoms with van der Waals surface area (Å²) in [6.07, 6.45) is 0. The molecule has 1 aromatic heterocycles. The third kappa shape index (κ3) is 3.60. The number of H-pyrrole nitrogens is 1. The molecule has 0 saturated carbocycles. The Balaban J connectivity index is 1.45. The second kappa shape index (κ2) is 7.31. The molecule has 2 amide bonds. The molecule has 1 aliphatic rings. The molecule has 4 rings (SSSR count). The second-order valence-electron chi connectivity index (χ2n) is 7.44. The molecule has 0 spiro atoms. The van der Waals surface area contributed by atoms with Gasteiger partial charge in [0.15, 0.2) is 11.6 Å². The van der Waals surface area contributed by atoms with E-state index in [0.29, 0.717) is 31.9 Å². The molecule has 0 bridgehead atoms. The van der Waals surface area contributed by atoms with Crippen molar-refractivity contribution < 1.29 is 18.4 Å². The van der Waals surface area contributed by atoms with Crippen LogP contribution in [-0.2, 0) is 0 Å². The van der Waals surface area contributed by atoms with Gasteiger partial charge < -0.3 is 14.8 Å². The number of hydrogen-bond donors (Lipinski definition) is 1. The van der Waals surface area contributed by atoms with E-state index >= 15 is 0 Å². The van der Waals surface area contributed by atoms with Crippen LogP contribution in [0.4, 0.5) is 8.78 Å². The van der Waals surface area contributed by atoms with Gasteiger partial charge in [-0.3, -0.25) is 9.59 Å². The molecule has 2 heterocycles. The van der Waals surface area contributed by atoms with Gasteiger partial charge in [-0.2, -0.15) is 0 Å². The van der Waals surface area contributed by atoms with Crippen molar-refractivity contribution in [3.63, 3.8) is 0 Å². The average Bonchev–Trinajstić information content (AvgIpc) is 3.13. The summed E-state index contributed by atoms with van der Waals surface area (Å²) in [7, 11) is 0. The lowest BCUT2D eigenvalue weighted by Gasteiger charge is -2.34. The number of carbonyl (C=O) groups excluding carboxylic acids is 2. The largest absolute Gasteiger partial charge is 0.351 e. The SMILES string of the molecule is Cc1cc(C)c2cc(C(=O)N3CCN(C(=O)c4ccc(F)c(F)c4)CC3)[nH]c2c1. The number of carbonyl (C=O) groups is 2. The third-order valence-corrected chi connectivity index (χ3v) is 5.34. The number of rotatable bonds is 2. The second-order valence-corrected chi connectivity index (χ2v) is 7.44. The number of halogens is 2. The van der Waals surface area contributed by atoms with Gasteiger partial charge in [0.05, 0.1) is 0 Å². The number of nitrogens with one attached hydrogen (secondary N) is 1. The molecule has 3 aromatic rings. The van der Waals surface area contributed by atoms with Crippen LogP contribution in [0, 0.1) is 25.5 Å². The van der Waals surface area contributed by atoms with Crippen LogP contribution in [0.3, 0.4) is 0 Å². The summed E-state index contributed by atoms with van der Waals surface area (Å²) in [5.74, 6) is -2.51. The van der Waals surface area contributed by atoms with Gasteiger partial charge >= 0.3 is 0 Å². The Labute approximate surface area is 166 Å². The Morgan fingerprint density at radius 1 is 0.862 bits per heavy atom. The van der Waals surface area contributed by atoms with Crippen LogP contribution in [-0.4, -0.2) is 52.8 Å². The van der Waals surface area contributed by atoms with Gasteiger partial charge in [-0.25, -0.2) is 8.78 Å². The highest BCUT2D eigenvalue weighted by molar-refractivity contribution is 5.99. The van der Waals surface area contributed by atoms with Gasteiger partial charge in [0.25, 0.3) is 11.8 Å². The van der Waals surface area contributed by atoms with Crippen molar-refractivity contribution in [1.82, 2.24) is 14.8 Å². The molecule has 1 N–H and O–H groups in total. The van der Waals surface area contributed by atoms with Crippen molar-refractivity contribution in [3.8, 4) is 0 Å². The Kier molecular flexibility index (Phi) is 4.82. The zero-order valence-corrected chi connectivity index (χ0v) is 16.3. The van der Waals surface area contributed by atoms with E-state index in [4.69, 9.17) is 0 Å². The summed E-state index contributed by atoms with van der Waals surface area (Å²) >= 11 is 0. The molecule has 0 radical (unpaired) electrons. The standard InChI is InChI=1S/C22H21F2N3O2/c1-13-9-14(2)16-12-20(25-19(16)10-13)22(29)27-7-5-26(6-8-27)21(28)15-3-4-17(23)18(24)11-15/h3-4,9-12,25H,5-8H2,1-2H3. The smallest absolute Gasteiger partial charge is 0.270 e. The highest BCUT2D eigenvalue weighted by atomic mass is 19.2. The highest BCUT2D eigenvalue weighted by Crippen LogP contribution is 2.23.